The maximum absolute atomic E-state index is 2.45. The first-order valence-electron chi connectivity index (χ1n) is 14.8. The third-order valence-electron chi connectivity index (χ3n) is 8.10. The zero-order valence-electron chi connectivity index (χ0n) is 25.0. The highest BCUT2D eigenvalue weighted by Gasteiger charge is 2.20. The van der Waals surface area contributed by atoms with Crippen LogP contribution in [0, 0.1) is 20.8 Å². The van der Waals surface area contributed by atoms with Crippen LogP contribution in [0.2, 0.25) is 0 Å². The molecule has 0 N–H and O–H groups in total. The SMILES string of the molecule is CC1=CCC(N(c2ccc(C)cc2)c2ccc(-c3ccc(N(c4ccc(C)cc4)c4ccc(C)cc4)cc3)cc2)C=C1. The molecule has 0 amide bonds. The molecule has 5 aromatic carbocycles. The highest BCUT2D eigenvalue weighted by Crippen LogP contribution is 2.37. The van der Waals surface area contributed by atoms with Crippen molar-refractivity contribution in [1.82, 2.24) is 0 Å². The number of rotatable bonds is 7. The van der Waals surface area contributed by atoms with Gasteiger partial charge < -0.3 is 9.80 Å². The van der Waals surface area contributed by atoms with E-state index in [4.69, 9.17) is 0 Å². The Morgan fingerprint density at radius 3 is 1.19 bits per heavy atom. The summed E-state index contributed by atoms with van der Waals surface area (Å²) < 4.78 is 0. The van der Waals surface area contributed by atoms with Crippen molar-refractivity contribution in [1.29, 1.82) is 0 Å². The fourth-order valence-corrected chi connectivity index (χ4v) is 5.60. The van der Waals surface area contributed by atoms with E-state index in [1.807, 2.05) is 0 Å². The summed E-state index contributed by atoms with van der Waals surface area (Å²) in [5, 5.41) is 0. The molecular formula is C40H38N2. The number of allylic oxidation sites excluding steroid dienone is 2. The monoisotopic (exact) mass is 546 g/mol. The van der Waals surface area contributed by atoms with Crippen LogP contribution >= 0.6 is 0 Å². The fourth-order valence-electron chi connectivity index (χ4n) is 5.60. The summed E-state index contributed by atoms with van der Waals surface area (Å²) in [6.07, 6.45) is 7.90. The van der Waals surface area contributed by atoms with Gasteiger partial charge in [-0.15, -0.1) is 0 Å². The summed E-state index contributed by atoms with van der Waals surface area (Å²) in [6.45, 7) is 8.57. The molecule has 0 bridgehead atoms. The Morgan fingerprint density at radius 2 is 0.810 bits per heavy atom. The van der Waals surface area contributed by atoms with Crippen LogP contribution < -0.4 is 9.80 Å². The maximum Gasteiger partial charge on any atom is 0.0560 e. The van der Waals surface area contributed by atoms with Crippen LogP contribution in [0.3, 0.4) is 0 Å². The molecule has 2 heteroatoms. The van der Waals surface area contributed by atoms with Crippen molar-refractivity contribution in [3.8, 4) is 11.1 Å². The van der Waals surface area contributed by atoms with E-state index in [1.54, 1.807) is 0 Å². The van der Waals surface area contributed by atoms with Crippen LogP contribution in [0.1, 0.15) is 30.0 Å². The summed E-state index contributed by atoms with van der Waals surface area (Å²) in [5.74, 6) is 0. The summed E-state index contributed by atoms with van der Waals surface area (Å²) in [6, 6.07) is 44.5. The molecule has 208 valence electrons. The van der Waals surface area contributed by atoms with Crippen LogP contribution in [0.4, 0.5) is 28.4 Å². The lowest BCUT2D eigenvalue weighted by molar-refractivity contribution is 0.779. The third-order valence-corrected chi connectivity index (χ3v) is 8.10. The largest absolute Gasteiger partial charge is 0.334 e. The lowest BCUT2D eigenvalue weighted by Gasteiger charge is -2.33. The van der Waals surface area contributed by atoms with E-state index in [0.717, 1.165) is 23.5 Å². The number of hydrogen-bond acceptors (Lipinski definition) is 2. The summed E-state index contributed by atoms with van der Waals surface area (Å²) >= 11 is 0. The maximum atomic E-state index is 2.45. The van der Waals surface area contributed by atoms with Gasteiger partial charge in [0.05, 0.1) is 6.04 Å². The summed E-state index contributed by atoms with van der Waals surface area (Å²) in [7, 11) is 0. The first-order chi connectivity index (χ1) is 20.4. The second-order valence-corrected chi connectivity index (χ2v) is 11.4. The first-order valence-corrected chi connectivity index (χ1v) is 14.8. The number of nitrogens with zero attached hydrogens (tertiary/aromatic N) is 2. The van der Waals surface area contributed by atoms with Crippen molar-refractivity contribution >= 4 is 28.4 Å². The lowest BCUT2D eigenvalue weighted by Crippen LogP contribution is -2.30. The van der Waals surface area contributed by atoms with Crippen LogP contribution in [-0.4, -0.2) is 6.04 Å². The van der Waals surface area contributed by atoms with Gasteiger partial charge in [-0.1, -0.05) is 101 Å². The molecule has 0 radical (unpaired) electrons. The van der Waals surface area contributed by atoms with Crippen LogP contribution in [0.5, 0.6) is 0 Å². The van der Waals surface area contributed by atoms with Gasteiger partial charge in [-0.3, -0.25) is 0 Å². The number of hydrogen-bond donors (Lipinski definition) is 0. The molecule has 1 unspecified atom stereocenters. The minimum atomic E-state index is 0.288. The Kier molecular flexibility index (Phi) is 7.79. The van der Waals surface area contributed by atoms with Gasteiger partial charge in [0.2, 0.25) is 0 Å². The smallest absolute Gasteiger partial charge is 0.0560 e. The van der Waals surface area contributed by atoms with Gasteiger partial charge in [0, 0.05) is 28.4 Å². The predicted octanol–water partition coefficient (Wildman–Crippen LogP) is 11.2. The molecule has 0 spiro atoms. The average Bonchev–Trinajstić information content (AvgIpc) is 3.02. The molecule has 42 heavy (non-hydrogen) atoms. The van der Waals surface area contributed by atoms with E-state index in [-0.39, 0.29) is 6.04 Å². The van der Waals surface area contributed by atoms with E-state index in [1.165, 1.54) is 44.8 Å². The Hall–Kier alpha value is -4.82. The first kappa shape index (κ1) is 27.4. The van der Waals surface area contributed by atoms with E-state index in [0.29, 0.717) is 0 Å². The molecule has 1 aliphatic carbocycles. The standard InChI is InChI=1S/C40H38N2/c1-29-5-17-35(18-6-29)41(36-19-7-30(2)8-20-36)39-25-13-33(14-26-39)34-15-27-40(28-16-34)42(37-21-9-31(3)10-22-37)38-23-11-32(4)12-24-38/h5-23,25-28,38H,24H2,1-4H3. The fraction of sp³-hybridized carbons (Fsp3) is 0.150. The number of anilines is 5. The Balaban J connectivity index is 1.29. The molecule has 2 nitrogen and oxygen atoms in total. The van der Waals surface area contributed by atoms with E-state index in [2.05, 4.69) is 177 Å². The third kappa shape index (κ3) is 5.94. The van der Waals surface area contributed by atoms with Gasteiger partial charge in [0.25, 0.3) is 0 Å². The summed E-state index contributed by atoms with van der Waals surface area (Å²) in [5.41, 5.74) is 13.4. The second kappa shape index (κ2) is 12.0. The van der Waals surface area contributed by atoms with Crippen LogP contribution in [-0.2, 0) is 0 Å². The van der Waals surface area contributed by atoms with Crippen molar-refractivity contribution in [3.05, 3.63) is 162 Å². The molecule has 1 atom stereocenters. The molecule has 0 fully saturated rings. The predicted molar refractivity (Wildman–Crippen MR) is 181 cm³/mol. The Bertz CT molecular complexity index is 1640. The average molecular weight is 547 g/mol. The van der Waals surface area contributed by atoms with Crippen molar-refractivity contribution in [3.63, 3.8) is 0 Å². The van der Waals surface area contributed by atoms with Gasteiger partial charge in [0.15, 0.2) is 0 Å². The second-order valence-electron chi connectivity index (χ2n) is 11.4. The van der Waals surface area contributed by atoms with E-state index >= 15 is 0 Å². The molecular weight excluding hydrogens is 508 g/mol. The van der Waals surface area contributed by atoms with Crippen molar-refractivity contribution < 1.29 is 0 Å². The van der Waals surface area contributed by atoms with Gasteiger partial charge >= 0.3 is 0 Å². The lowest BCUT2D eigenvalue weighted by atomic mass is 9.99. The molecule has 0 saturated heterocycles. The number of benzene rings is 5. The van der Waals surface area contributed by atoms with Crippen molar-refractivity contribution in [2.45, 2.75) is 40.2 Å². The van der Waals surface area contributed by atoms with Gasteiger partial charge in [-0.05, 0) is 106 Å². The Morgan fingerprint density at radius 1 is 0.452 bits per heavy atom. The van der Waals surface area contributed by atoms with Gasteiger partial charge in [-0.2, -0.15) is 0 Å². The Labute approximate surface area is 250 Å². The van der Waals surface area contributed by atoms with Crippen molar-refractivity contribution in [2.24, 2.45) is 0 Å². The minimum Gasteiger partial charge on any atom is -0.334 e. The van der Waals surface area contributed by atoms with E-state index in [9.17, 15) is 0 Å². The van der Waals surface area contributed by atoms with Crippen LogP contribution in [0.25, 0.3) is 11.1 Å². The van der Waals surface area contributed by atoms with Gasteiger partial charge in [0.1, 0.15) is 0 Å². The molecule has 0 saturated carbocycles. The normalized spacial score (nSPS) is 14.4. The summed E-state index contributed by atoms with van der Waals surface area (Å²) in [4.78, 5) is 4.77. The highest BCUT2D eigenvalue weighted by atomic mass is 15.2. The van der Waals surface area contributed by atoms with Crippen LogP contribution in [0.15, 0.2) is 145 Å². The molecule has 0 aliphatic heterocycles. The topological polar surface area (TPSA) is 6.48 Å². The number of aryl methyl sites for hydroxylation is 3. The van der Waals surface area contributed by atoms with E-state index < -0.39 is 0 Å². The molecule has 0 aromatic heterocycles. The molecule has 6 rings (SSSR count). The molecule has 1 aliphatic rings. The van der Waals surface area contributed by atoms with Gasteiger partial charge in [-0.25, -0.2) is 0 Å². The highest BCUT2D eigenvalue weighted by molar-refractivity contribution is 5.79. The molecule has 0 heterocycles. The van der Waals surface area contributed by atoms with Crippen molar-refractivity contribution in [2.75, 3.05) is 9.80 Å². The quantitative estimate of drug-likeness (QED) is 0.200. The minimum absolute atomic E-state index is 0.288. The molecule has 5 aromatic rings. The zero-order chi connectivity index (χ0) is 29.1. The zero-order valence-corrected chi connectivity index (χ0v) is 25.0.